The van der Waals surface area contributed by atoms with Crippen molar-refractivity contribution >= 4 is 39.8 Å². The van der Waals surface area contributed by atoms with E-state index in [4.69, 9.17) is 0 Å². The van der Waals surface area contributed by atoms with Crippen molar-refractivity contribution in [3.05, 3.63) is 54.6 Å². The van der Waals surface area contributed by atoms with E-state index in [-0.39, 0.29) is 17.2 Å². The Kier molecular flexibility index (Phi) is 5.17. The summed E-state index contributed by atoms with van der Waals surface area (Å²) >= 11 is 1.15. The molecule has 2 amide bonds. The van der Waals surface area contributed by atoms with E-state index < -0.39 is 33.2 Å². The van der Waals surface area contributed by atoms with Gasteiger partial charge in [0.15, 0.2) is 5.13 Å². The Morgan fingerprint density at radius 1 is 1.21 bits per heavy atom. The molecule has 0 aliphatic carbocycles. The number of aromatic nitrogens is 1. The van der Waals surface area contributed by atoms with E-state index in [0.717, 1.165) is 40.1 Å². The number of non-ortho nitro benzene ring substituents is 2. The molecule has 0 saturated heterocycles. The van der Waals surface area contributed by atoms with Gasteiger partial charge in [-0.25, -0.2) is 9.78 Å². The first-order valence-electron chi connectivity index (χ1n) is 7.85. The molecule has 12 nitrogen and oxygen atoms in total. The number of benzene rings is 1. The number of nitrogens with one attached hydrogen (secondary N) is 1. The number of rotatable bonds is 4. The zero-order valence-corrected chi connectivity index (χ0v) is 15.2. The van der Waals surface area contributed by atoms with Gasteiger partial charge >= 0.3 is 6.09 Å². The molecule has 1 N–H and O–H groups in total. The maximum Gasteiger partial charge on any atom is 0.409 e. The molecule has 13 heteroatoms. The molecule has 1 aliphatic rings. The molecule has 0 radical (unpaired) electrons. The second-order valence-electron chi connectivity index (χ2n) is 5.74. The highest BCUT2D eigenvalue weighted by molar-refractivity contribution is 7.15. The number of ether oxygens (including phenoxy) is 1. The lowest BCUT2D eigenvalue weighted by molar-refractivity contribution is -0.394. The Labute approximate surface area is 161 Å². The minimum Gasteiger partial charge on any atom is -0.453 e. The SMILES string of the molecule is COC(=O)N1CCc2nc(NC(=O)c3cc([N+](=O)[O-])cc([N+](=O)[O-])c3)sc2C1. The van der Waals surface area contributed by atoms with E-state index in [1.807, 2.05) is 0 Å². The van der Waals surface area contributed by atoms with Crippen LogP contribution in [-0.4, -0.2) is 45.4 Å². The van der Waals surface area contributed by atoms with E-state index in [2.05, 4.69) is 15.0 Å². The molecule has 0 unspecified atom stereocenters. The number of nitro benzene ring substituents is 2. The van der Waals surface area contributed by atoms with Gasteiger partial charge in [-0.2, -0.15) is 0 Å². The summed E-state index contributed by atoms with van der Waals surface area (Å²) in [5.74, 6) is -0.761. The average molecular weight is 407 g/mol. The lowest BCUT2D eigenvalue weighted by Gasteiger charge is -2.24. The van der Waals surface area contributed by atoms with Crippen molar-refractivity contribution in [2.24, 2.45) is 0 Å². The summed E-state index contributed by atoms with van der Waals surface area (Å²) in [4.78, 5) is 50.9. The largest absolute Gasteiger partial charge is 0.453 e. The fraction of sp³-hybridized carbons (Fsp3) is 0.267. The van der Waals surface area contributed by atoms with Crippen molar-refractivity contribution in [2.45, 2.75) is 13.0 Å². The van der Waals surface area contributed by atoms with Gasteiger partial charge in [0.1, 0.15) is 0 Å². The summed E-state index contributed by atoms with van der Waals surface area (Å²) in [5, 5.41) is 24.6. The Morgan fingerprint density at radius 3 is 2.43 bits per heavy atom. The lowest BCUT2D eigenvalue weighted by atomic mass is 10.1. The molecule has 0 spiro atoms. The minimum absolute atomic E-state index is 0.231. The summed E-state index contributed by atoms with van der Waals surface area (Å²) in [5.41, 5.74) is -0.631. The first-order valence-corrected chi connectivity index (χ1v) is 8.67. The number of nitrogens with zero attached hydrogens (tertiary/aromatic N) is 4. The van der Waals surface area contributed by atoms with Crippen LogP contribution in [0.25, 0.3) is 0 Å². The maximum atomic E-state index is 12.4. The van der Waals surface area contributed by atoms with Crippen LogP contribution in [0.3, 0.4) is 0 Å². The van der Waals surface area contributed by atoms with Crippen LogP contribution in [0.1, 0.15) is 20.9 Å². The zero-order valence-electron chi connectivity index (χ0n) is 14.4. The van der Waals surface area contributed by atoms with Crippen molar-refractivity contribution in [1.82, 2.24) is 9.88 Å². The van der Waals surface area contributed by atoms with Gasteiger partial charge in [0.2, 0.25) is 0 Å². The predicted octanol–water partition coefficient (Wildman–Crippen LogP) is 2.34. The third kappa shape index (κ3) is 3.88. The van der Waals surface area contributed by atoms with Crippen LogP contribution >= 0.6 is 11.3 Å². The van der Waals surface area contributed by atoms with E-state index in [1.165, 1.54) is 12.0 Å². The van der Waals surface area contributed by atoms with Gasteiger partial charge in [-0.1, -0.05) is 11.3 Å². The van der Waals surface area contributed by atoms with Crippen molar-refractivity contribution in [1.29, 1.82) is 0 Å². The summed E-state index contributed by atoms with van der Waals surface area (Å²) < 4.78 is 4.69. The molecule has 2 heterocycles. The Bertz CT molecular complexity index is 957. The Morgan fingerprint density at radius 2 is 1.86 bits per heavy atom. The number of hydrogen-bond acceptors (Lipinski definition) is 9. The lowest BCUT2D eigenvalue weighted by Crippen LogP contribution is -2.35. The van der Waals surface area contributed by atoms with E-state index in [9.17, 15) is 29.8 Å². The molecule has 0 fully saturated rings. The molecule has 1 aliphatic heterocycles. The fourth-order valence-electron chi connectivity index (χ4n) is 2.64. The molecule has 28 heavy (non-hydrogen) atoms. The quantitative estimate of drug-likeness (QED) is 0.597. The van der Waals surface area contributed by atoms with Gasteiger partial charge in [-0.05, 0) is 0 Å². The molecule has 0 bridgehead atoms. The van der Waals surface area contributed by atoms with Crippen molar-refractivity contribution in [2.75, 3.05) is 19.0 Å². The number of hydrogen-bond donors (Lipinski definition) is 1. The van der Waals surface area contributed by atoms with Crippen LogP contribution in [0.5, 0.6) is 0 Å². The third-order valence-corrected chi connectivity index (χ3v) is 4.97. The standard InChI is InChI=1S/C15H13N5O7S/c1-27-15(22)18-3-2-11-12(7-18)28-14(16-11)17-13(21)8-4-9(19(23)24)6-10(5-8)20(25)26/h4-6H,2-3,7H2,1H3,(H,16,17,21). The van der Waals surface area contributed by atoms with Gasteiger partial charge in [0, 0.05) is 30.0 Å². The summed E-state index contributed by atoms with van der Waals surface area (Å²) in [7, 11) is 1.29. The van der Waals surface area contributed by atoms with Crippen LogP contribution in [0.15, 0.2) is 18.2 Å². The average Bonchev–Trinajstić information content (AvgIpc) is 3.08. The number of nitro groups is 2. The molecular weight excluding hydrogens is 394 g/mol. The molecule has 0 atom stereocenters. The highest BCUT2D eigenvalue weighted by Gasteiger charge is 2.26. The second-order valence-corrected chi connectivity index (χ2v) is 6.82. The smallest absolute Gasteiger partial charge is 0.409 e. The predicted molar refractivity (Wildman–Crippen MR) is 96.3 cm³/mol. The van der Waals surface area contributed by atoms with E-state index in [1.54, 1.807) is 0 Å². The summed E-state index contributed by atoms with van der Waals surface area (Å²) in [6.07, 6.45) is 0.0209. The van der Waals surface area contributed by atoms with Crippen molar-refractivity contribution in [3.8, 4) is 0 Å². The first kappa shape index (κ1) is 19.2. The van der Waals surface area contributed by atoms with E-state index in [0.29, 0.717) is 13.0 Å². The number of amides is 2. The van der Waals surface area contributed by atoms with Crippen LogP contribution in [-0.2, 0) is 17.7 Å². The van der Waals surface area contributed by atoms with Gasteiger partial charge in [-0.3, -0.25) is 30.3 Å². The van der Waals surface area contributed by atoms with Gasteiger partial charge < -0.3 is 9.64 Å². The highest BCUT2D eigenvalue weighted by atomic mass is 32.1. The Balaban J connectivity index is 1.81. The third-order valence-electron chi connectivity index (χ3n) is 3.97. The van der Waals surface area contributed by atoms with Gasteiger partial charge in [0.25, 0.3) is 17.3 Å². The van der Waals surface area contributed by atoms with Gasteiger partial charge in [0.05, 0.1) is 40.8 Å². The number of anilines is 1. The number of carbonyl (C=O) groups excluding carboxylic acids is 2. The molecular formula is C15H13N5O7S. The minimum atomic E-state index is -0.812. The molecule has 3 rings (SSSR count). The normalized spacial score (nSPS) is 12.8. The van der Waals surface area contributed by atoms with Crippen LogP contribution in [0.4, 0.5) is 21.3 Å². The summed E-state index contributed by atoms with van der Waals surface area (Å²) in [6, 6.07) is 2.68. The highest BCUT2D eigenvalue weighted by Crippen LogP contribution is 2.29. The van der Waals surface area contributed by atoms with Crippen LogP contribution < -0.4 is 5.32 Å². The number of fused-ring (bicyclic) bond motifs is 1. The number of methoxy groups -OCH3 is 1. The van der Waals surface area contributed by atoms with Crippen LogP contribution in [0, 0.1) is 20.2 Å². The molecule has 1 aromatic carbocycles. The maximum absolute atomic E-state index is 12.4. The monoisotopic (exact) mass is 407 g/mol. The van der Waals surface area contributed by atoms with Crippen molar-refractivity contribution in [3.63, 3.8) is 0 Å². The molecule has 2 aromatic rings. The molecule has 1 aromatic heterocycles. The van der Waals surface area contributed by atoms with Gasteiger partial charge in [-0.15, -0.1) is 0 Å². The Hall–Kier alpha value is -3.61. The fourth-order valence-corrected chi connectivity index (χ4v) is 3.66. The number of thiazole rings is 1. The molecule has 146 valence electrons. The molecule has 0 saturated carbocycles. The second kappa shape index (κ2) is 7.56. The van der Waals surface area contributed by atoms with Crippen molar-refractivity contribution < 1.29 is 24.2 Å². The first-order chi connectivity index (χ1) is 13.3. The van der Waals surface area contributed by atoms with Crippen LogP contribution in [0.2, 0.25) is 0 Å². The number of carbonyl (C=O) groups is 2. The summed E-state index contributed by atoms with van der Waals surface area (Å²) in [6.45, 7) is 0.714. The van der Waals surface area contributed by atoms with E-state index >= 15 is 0 Å². The topological polar surface area (TPSA) is 158 Å². The zero-order chi connectivity index (χ0) is 20.4.